The smallest absolute Gasteiger partial charge is 0.153 e. The molecule has 1 aromatic rings. The normalized spacial score (nSPS) is 12.6. The van der Waals surface area contributed by atoms with Gasteiger partial charge in [-0.3, -0.25) is 0 Å². The van der Waals surface area contributed by atoms with E-state index in [2.05, 4.69) is 4.36 Å². The molecule has 0 radical (unpaired) electrons. The summed E-state index contributed by atoms with van der Waals surface area (Å²) in [5, 5.41) is 0. The minimum Gasteiger partial charge on any atom is -0.250 e. The Labute approximate surface area is 97.1 Å². The molecule has 1 aromatic carbocycles. The standard InChI is InChI=1S/C12H18FNOS/c1-12(2,3)9-7-6-8-10(11(9)13)14-16(4,5)15/h6-8H,1-5H3. The Morgan fingerprint density at radius 3 is 2.25 bits per heavy atom. The van der Waals surface area contributed by atoms with Gasteiger partial charge in [0.2, 0.25) is 0 Å². The highest BCUT2D eigenvalue weighted by Gasteiger charge is 2.20. The molecule has 0 N–H and O–H groups in total. The highest BCUT2D eigenvalue weighted by Crippen LogP contribution is 2.30. The van der Waals surface area contributed by atoms with Crippen LogP contribution in [0.5, 0.6) is 0 Å². The Morgan fingerprint density at radius 1 is 1.25 bits per heavy atom. The predicted octanol–water partition coefficient (Wildman–Crippen LogP) is 3.48. The maximum atomic E-state index is 14.1. The molecule has 0 atom stereocenters. The number of hydrogen-bond donors (Lipinski definition) is 0. The fourth-order valence-corrected chi connectivity index (χ4v) is 2.02. The molecule has 0 saturated carbocycles. The van der Waals surface area contributed by atoms with Crippen LogP contribution in [-0.4, -0.2) is 16.7 Å². The summed E-state index contributed by atoms with van der Waals surface area (Å²) >= 11 is 0. The molecule has 0 saturated heterocycles. The number of halogens is 1. The third-order valence-corrected chi connectivity index (χ3v) is 2.74. The van der Waals surface area contributed by atoms with Gasteiger partial charge in [-0.2, -0.15) is 4.36 Å². The van der Waals surface area contributed by atoms with E-state index >= 15 is 0 Å². The summed E-state index contributed by atoms with van der Waals surface area (Å²) in [7, 11) is -2.33. The van der Waals surface area contributed by atoms with Crippen molar-refractivity contribution in [2.75, 3.05) is 12.5 Å². The topological polar surface area (TPSA) is 29.4 Å². The van der Waals surface area contributed by atoms with Crippen LogP contribution < -0.4 is 0 Å². The summed E-state index contributed by atoms with van der Waals surface area (Å²) in [5.41, 5.74) is 0.498. The van der Waals surface area contributed by atoms with Crippen molar-refractivity contribution in [2.24, 2.45) is 4.36 Å². The monoisotopic (exact) mass is 243 g/mol. The lowest BCUT2D eigenvalue weighted by molar-refractivity contribution is 0.524. The summed E-state index contributed by atoms with van der Waals surface area (Å²) in [6.45, 7) is 5.80. The SMILES string of the molecule is CC(C)(C)c1cccc(N=S(C)(C)=O)c1F. The predicted molar refractivity (Wildman–Crippen MR) is 67.2 cm³/mol. The second-order valence-electron chi connectivity index (χ2n) is 5.16. The van der Waals surface area contributed by atoms with Crippen LogP contribution in [0.2, 0.25) is 0 Å². The molecular weight excluding hydrogens is 225 g/mol. The molecule has 90 valence electrons. The molecular formula is C12H18FNOS. The minimum atomic E-state index is -2.33. The summed E-state index contributed by atoms with van der Waals surface area (Å²) < 4.78 is 29.5. The average molecular weight is 243 g/mol. The van der Waals surface area contributed by atoms with E-state index in [0.29, 0.717) is 5.56 Å². The van der Waals surface area contributed by atoms with E-state index in [1.807, 2.05) is 20.8 Å². The van der Waals surface area contributed by atoms with Gasteiger partial charge in [-0.1, -0.05) is 32.9 Å². The molecule has 0 unspecified atom stereocenters. The second kappa shape index (κ2) is 4.17. The first kappa shape index (κ1) is 13.2. The zero-order chi connectivity index (χ0) is 12.6. The van der Waals surface area contributed by atoms with Gasteiger partial charge in [-0.15, -0.1) is 0 Å². The van der Waals surface area contributed by atoms with Crippen LogP contribution in [0.1, 0.15) is 26.3 Å². The minimum absolute atomic E-state index is 0.183. The van der Waals surface area contributed by atoms with E-state index in [1.54, 1.807) is 18.2 Å². The Morgan fingerprint density at radius 2 is 1.81 bits per heavy atom. The summed E-state index contributed by atoms with van der Waals surface area (Å²) in [5.74, 6) is -0.369. The Balaban J connectivity index is 3.43. The number of benzene rings is 1. The number of rotatable bonds is 1. The molecule has 4 heteroatoms. The summed E-state index contributed by atoms with van der Waals surface area (Å²) in [6.07, 6.45) is 2.99. The fraction of sp³-hybridized carbons (Fsp3) is 0.500. The molecule has 0 aromatic heterocycles. The van der Waals surface area contributed by atoms with Gasteiger partial charge in [0.05, 0.1) is 0 Å². The third kappa shape index (κ3) is 3.30. The molecule has 0 fully saturated rings. The molecule has 0 amide bonds. The van der Waals surface area contributed by atoms with Gasteiger partial charge in [0.25, 0.3) is 0 Å². The van der Waals surface area contributed by atoms with Crippen molar-refractivity contribution >= 4 is 15.4 Å². The van der Waals surface area contributed by atoms with Gasteiger partial charge in [-0.05, 0) is 17.0 Å². The second-order valence-corrected chi connectivity index (χ2v) is 7.71. The lowest BCUT2D eigenvalue weighted by atomic mass is 9.86. The lowest BCUT2D eigenvalue weighted by Gasteiger charge is -2.20. The zero-order valence-electron chi connectivity index (χ0n) is 10.4. The summed E-state index contributed by atoms with van der Waals surface area (Å²) in [4.78, 5) is 0. The molecule has 1 rings (SSSR count). The van der Waals surface area contributed by atoms with Gasteiger partial charge in [0, 0.05) is 22.2 Å². The Bertz CT molecular complexity index is 500. The van der Waals surface area contributed by atoms with E-state index in [9.17, 15) is 8.60 Å². The maximum Gasteiger partial charge on any atom is 0.153 e. The molecule has 0 spiro atoms. The Kier molecular flexibility index (Phi) is 3.43. The van der Waals surface area contributed by atoms with Crippen molar-refractivity contribution in [2.45, 2.75) is 26.2 Å². The molecule has 0 heterocycles. The van der Waals surface area contributed by atoms with Crippen LogP contribution in [0.3, 0.4) is 0 Å². The maximum absolute atomic E-state index is 14.1. The van der Waals surface area contributed by atoms with Gasteiger partial charge in [0.1, 0.15) is 5.69 Å². The van der Waals surface area contributed by atoms with Crippen LogP contribution in [0.15, 0.2) is 22.6 Å². The van der Waals surface area contributed by atoms with Crippen molar-refractivity contribution < 1.29 is 8.60 Å². The molecule has 0 bridgehead atoms. The highest BCUT2D eigenvalue weighted by molar-refractivity contribution is 7.92. The quantitative estimate of drug-likeness (QED) is 0.742. The lowest BCUT2D eigenvalue weighted by Crippen LogP contribution is -2.13. The molecule has 0 aliphatic rings. The Hall–Kier alpha value is -0.900. The molecule has 2 nitrogen and oxygen atoms in total. The van der Waals surface area contributed by atoms with Crippen LogP contribution in [0, 0.1) is 5.82 Å². The van der Waals surface area contributed by atoms with Gasteiger partial charge >= 0.3 is 0 Å². The van der Waals surface area contributed by atoms with Gasteiger partial charge < -0.3 is 0 Å². The molecule has 0 aliphatic carbocycles. The van der Waals surface area contributed by atoms with E-state index in [0.717, 1.165) is 0 Å². The van der Waals surface area contributed by atoms with Crippen molar-refractivity contribution in [1.29, 1.82) is 0 Å². The van der Waals surface area contributed by atoms with Crippen molar-refractivity contribution in [3.05, 3.63) is 29.6 Å². The highest BCUT2D eigenvalue weighted by atomic mass is 32.2. The molecule has 0 aliphatic heterocycles. The summed E-state index contributed by atoms with van der Waals surface area (Å²) in [6, 6.07) is 5.03. The van der Waals surface area contributed by atoms with E-state index in [-0.39, 0.29) is 16.9 Å². The van der Waals surface area contributed by atoms with Crippen LogP contribution in [-0.2, 0) is 15.1 Å². The van der Waals surface area contributed by atoms with Crippen molar-refractivity contribution in [3.63, 3.8) is 0 Å². The van der Waals surface area contributed by atoms with Crippen LogP contribution in [0.25, 0.3) is 0 Å². The average Bonchev–Trinajstić information content (AvgIpc) is 2.04. The van der Waals surface area contributed by atoms with Gasteiger partial charge in [-0.25, -0.2) is 8.60 Å². The first-order valence-electron chi connectivity index (χ1n) is 5.07. The third-order valence-electron chi connectivity index (χ3n) is 2.10. The van der Waals surface area contributed by atoms with Crippen LogP contribution in [0.4, 0.5) is 10.1 Å². The number of nitrogens with zero attached hydrogens (tertiary/aromatic N) is 1. The van der Waals surface area contributed by atoms with E-state index in [4.69, 9.17) is 0 Å². The van der Waals surface area contributed by atoms with E-state index in [1.165, 1.54) is 12.5 Å². The van der Waals surface area contributed by atoms with Crippen LogP contribution >= 0.6 is 0 Å². The molecule has 16 heavy (non-hydrogen) atoms. The van der Waals surface area contributed by atoms with Gasteiger partial charge in [0.15, 0.2) is 5.82 Å². The first-order valence-corrected chi connectivity index (χ1v) is 7.40. The largest absolute Gasteiger partial charge is 0.250 e. The van der Waals surface area contributed by atoms with Crippen molar-refractivity contribution in [3.8, 4) is 0 Å². The first-order chi connectivity index (χ1) is 7.11. The number of hydrogen-bond acceptors (Lipinski definition) is 2. The van der Waals surface area contributed by atoms with Crippen molar-refractivity contribution in [1.82, 2.24) is 0 Å². The van der Waals surface area contributed by atoms with E-state index < -0.39 is 9.73 Å². The zero-order valence-corrected chi connectivity index (χ0v) is 11.2. The fourth-order valence-electron chi connectivity index (χ4n) is 1.41.